The number of carbonyl (C=O) groups excluding carboxylic acids is 3. The van der Waals surface area contributed by atoms with Gasteiger partial charge in [-0.1, -0.05) is 24.3 Å². The predicted octanol–water partition coefficient (Wildman–Crippen LogP) is 9.28. The number of rotatable bonds is 34. The Morgan fingerprint density at radius 3 is 1.21 bits per heavy atom. The number of methoxy groups -OCH3 is 1. The van der Waals surface area contributed by atoms with Gasteiger partial charge < -0.3 is 30.4 Å². The third kappa shape index (κ3) is 29.9. The smallest absolute Gasteiger partial charge is 0.463 e. The number of ether oxygens (including phenoxy) is 7. The molecule has 0 saturated carbocycles. The minimum Gasteiger partial charge on any atom is -0.463 e. The molecule has 0 aliphatic carbocycles. The van der Waals surface area contributed by atoms with E-state index in [2.05, 4.69) is 59.5 Å². The van der Waals surface area contributed by atoms with Crippen molar-refractivity contribution in [3.05, 3.63) is 50.6 Å². The van der Waals surface area contributed by atoms with Gasteiger partial charge in [0.1, 0.15) is 33.0 Å². The molecule has 0 spiro atoms. The van der Waals surface area contributed by atoms with Crippen LogP contribution >= 0.6 is 0 Å². The van der Waals surface area contributed by atoms with Crippen molar-refractivity contribution in [3.8, 4) is 0 Å². The van der Waals surface area contributed by atoms with Gasteiger partial charge in [-0.2, -0.15) is 65.9 Å². The first-order valence-corrected chi connectivity index (χ1v) is 19.1. The highest BCUT2D eigenvalue weighted by molar-refractivity contribution is 5.80. The summed E-state index contributed by atoms with van der Waals surface area (Å²) in [7, 11) is 0.625. The van der Waals surface area contributed by atoms with Crippen molar-refractivity contribution in [2.24, 2.45) is 22.3 Å². The van der Waals surface area contributed by atoms with Crippen LogP contribution in [0.1, 0.15) is 65.2 Å². The van der Waals surface area contributed by atoms with E-state index in [0.717, 1.165) is 12.8 Å². The van der Waals surface area contributed by atoms with Crippen molar-refractivity contribution in [2.45, 2.75) is 108 Å². The zero-order valence-electron chi connectivity index (χ0n) is 36.4. The SMILES string of the molecule is C=CCC(CC=C)(CCC(=O)COCC(F)(F)OC(C)(F)F)CCC(=O)COCC(F)(F)OC(F)(F)C(F)(F)F.C=CCC(CN)(CN)CC=C.CCOCC(F)(F)OC(F)(F)C(=O)OC. The predicted molar refractivity (Wildman–Crippen MR) is 206 cm³/mol. The molecule has 27 heteroatoms. The summed E-state index contributed by atoms with van der Waals surface area (Å²) in [5.74, 6) is -3.75. The summed E-state index contributed by atoms with van der Waals surface area (Å²) in [6.07, 6.45) is -27.0. The molecular weight excluding hydrogens is 941 g/mol. The van der Waals surface area contributed by atoms with E-state index >= 15 is 0 Å². The summed E-state index contributed by atoms with van der Waals surface area (Å²) in [5, 5.41) is 0. The number of alkyl halides is 15. The number of Topliss-reactive ketones (excluding diaryl/α,β-unsaturated/α-hetero) is 2. The van der Waals surface area contributed by atoms with Crippen molar-refractivity contribution in [1.82, 2.24) is 0 Å². The molecule has 0 aromatic carbocycles. The lowest BCUT2D eigenvalue weighted by Gasteiger charge is -2.32. The summed E-state index contributed by atoms with van der Waals surface area (Å²) >= 11 is 0. The van der Waals surface area contributed by atoms with Gasteiger partial charge in [-0.05, 0) is 64.0 Å². The molecule has 0 unspecified atom stereocenters. The molecule has 12 nitrogen and oxygen atoms in total. The van der Waals surface area contributed by atoms with Gasteiger partial charge in [-0.3, -0.25) is 14.3 Å². The summed E-state index contributed by atoms with van der Waals surface area (Å²) in [5.41, 5.74) is 10.4. The summed E-state index contributed by atoms with van der Waals surface area (Å²) in [6.45, 7) is 10.0. The largest absolute Gasteiger partial charge is 0.483 e. The molecule has 0 atom stereocenters. The third-order valence-corrected chi connectivity index (χ3v) is 8.22. The Kier molecular flexibility index (Phi) is 30.3. The zero-order chi connectivity index (χ0) is 52.3. The van der Waals surface area contributed by atoms with Crippen LogP contribution in [-0.2, 0) is 47.5 Å². The molecule has 0 radical (unpaired) electrons. The molecule has 0 aromatic rings. The molecule has 0 rings (SSSR count). The third-order valence-electron chi connectivity index (χ3n) is 8.22. The topological polar surface area (TPSA) is 168 Å². The maximum Gasteiger partial charge on any atom is 0.483 e. The van der Waals surface area contributed by atoms with Gasteiger partial charge in [0.05, 0.1) is 7.11 Å². The van der Waals surface area contributed by atoms with Crippen molar-refractivity contribution in [3.63, 3.8) is 0 Å². The monoisotopic (exact) mass is 998 g/mol. The Balaban J connectivity index is -0.00000123. The van der Waals surface area contributed by atoms with E-state index in [9.17, 15) is 80.2 Å². The van der Waals surface area contributed by atoms with E-state index < -0.39 is 98.8 Å². The lowest BCUT2D eigenvalue weighted by molar-refractivity contribution is -0.460. The zero-order valence-corrected chi connectivity index (χ0v) is 36.4. The second kappa shape index (κ2) is 30.0. The summed E-state index contributed by atoms with van der Waals surface area (Å²) in [6, 6.07) is 0. The van der Waals surface area contributed by atoms with Crippen LogP contribution in [0.4, 0.5) is 65.9 Å². The fourth-order valence-electron chi connectivity index (χ4n) is 5.03. The van der Waals surface area contributed by atoms with Crippen molar-refractivity contribution >= 4 is 17.5 Å². The van der Waals surface area contributed by atoms with Crippen molar-refractivity contribution < 1.29 is 113 Å². The maximum absolute atomic E-state index is 13.3. The Morgan fingerprint density at radius 2 is 0.894 bits per heavy atom. The second-order valence-electron chi connectivity index (χ2n) is 14.1. The van der Waals surface area contributed by atoms with E-state index in [-0.39, 0.29) is 57.5 Å². The molecule has 0 aliphatic rings. The minimum absolute atomic E-state index is 0.00347. The van der Waals surface area contributed by atoms with Gasteiger partial charge >= 0.3 is 48.8 Å². The number of carbonyl (C=O) groups is 3. The number of hydrogen-bond donors (Lipinski definition) is 2. The number of nitrogens with two attached hydrogens (primary N) is 2. The van der Waals surface area contributed by atoms with Crippen LogP contribution < -0.4 is 11.5 Å². The highest BCUT2D eigenvalue weighted by Crippen LogP contribution is 2.41. The Hall–Kier alpha value is -3.60. The molecule has 0 heterocycles. The quantitative estimate of drug-likeness (QED) is 0.0357. The molecule has 0 amide bonds. The van der Waals surface area contributed by atoms with E-state index in [0.29, 0.717) is 20.2 Å². The molecule has 0 saturated heterocycles. The lowest BCUT2D eigenvalue weighted by Crippen LogP contribution is -2.46. The number of hydrogen-bond acceptors (Lipinski definition) is 12. The fourth-order valence-corrected chi connectivity index (χ4v) is 5.03. The highest BCUT2D eigenvalue weighted by atomic mass is 19.4. The average Bonchev–Trinajstić information content (AvgIpc) is 3.16. The van der Waals surface area contributed by atoms with Crippen LogP contribution in [0.5, 0.6) is 0 Å². The molecule has 0 aliphatic heterocycles. The first-order chi connectivity index (χ1) is 30.0. The van der Waals surface area contributed by atoms with E-state index in [4.69, 9.17) is 11.5 Å². The van der Waals surface area contributed by atoms with Gasteiger partial charge in [-0.15, -0.1) is 26.3 Å². The molecule has 388 valence electrons. The Labute approximate surface area is 371 Å². The molecule has 0 bridgehead atoms. The van der Waals surface area contributed by atoms with E-state index in [1.165, 1.54) is 19.1 Å². The number of ketones is 2. The van der Waals surface area contributed by atoms with E-state index in [1.54, 1.807) is 0 Å². The minimum atomic E-state index is -6.41. The summed E-state index contributed by atoms with van der Waals surface area (Å²) < 4.78 is 215. The number of allylic oxidation sites excluding steroid dienone is 4. The number of halogens is 15. The first-order valence-electron chi connectivity index (χ1n) is 19.1. The van der Waals surface area contributed by atoms with Gasteiger partial charge in [0.25, 0.3) is 0 Å². The normalized spacial score (nSPS) is 13.1. The summed E-state index contributed by atoms with van der Waals surface area (Å²) in [4.78, 5) is 34.5. The van der Waals surface area contributed by atoms with Crippen LogP contribution in [-0.4, -0.2) is 120 Å². The highest BCUT2D eigenvalue weighted by Gasteiger charge is 2.64. The van der Waals surface area contributed by atoms with E-state index in [1.807, 2.05) is 12.2 Å². The second-order valence-corrected chi connectivity index (χ2v) is 14.1. The Morgan fingerprint density at radius 1 is 0.545 bits per heavy atom. The standard InChI is InChI=1S/C23H29F11O6.C9H18N2.C7H10F4O4/c1-4-8-19(9-5-2,10-6-16(35)12-37-14-20(26,27)39-18(3,24)25)11-7-17(36)13-38-15-21(28,29)40-23(33,34)22(30,31)32;1-3-5-9(7-10,8-11)6-4-2;1-3-14-4-6(8,9)15-7(10,11)5(12)13-2/h4-5H,1-2,6-15H2,3H3;3-4H,1-2,5-8,10-11H2;3-4H2,1-2H3. The molecule has 0 aromatic heterocycles. The van der Waals surface area contributed by atoms with Gasteiger partial charge in [-0.25, -0.2) is 14.3 Å². The van der Waals surface area contributed by atoms with Gasteiger partial charge in [0.2, 0.25) is 0 Å². The van der Waals surface area contributed by atoms with Crippen LogP contribution in [0.3, 0.4) is 0 Å². The molecular formula is C39H57F15N2O10. The van der Waals surface area contributed by atoms with Crippen LogP contribution in [0.25, 0.3) is 0 Å². The molecule has 66 heavy (non-hydrogen) atoms. The van der Waals surface area contributed by atoms with Gasteiger partial charge in [0.15, 0.2) is 11.6 Å². The van der Waals surface area contributed by atoms with Crippen molar-refractivity contribution in [2.75, 3.05) is 59.8 Å². The Bertz CT molecular complexity index is 1450. The lowest BCUT2D eigenvalue weighted by atomic mass is 9.73. The molecule has 4 N–H and O–H groups in total. The maximum atomic E-state index is 13.3. The molecule has 0 fully saturated rings. The number of esters is 1. The van der Waals surface area contributed by atoms with Crippen LogP contribution in [0, 0.1) is 10.8 Å². The van der Waals surface area contributed by atoms with Crippen LogP contribution in [0.15, 0.2) is 50.6 Å². The fraction of sp³-hybridized carbons (Fsp3) is 0.718. The van der Waals surface area contributed by atoms with Crippen LogP contribution in [0.2, 0.25) is 0 Å². The van der Waals surface area contributed by atoms with Gasteiger partial charge in [0, 0.05) is 31.8 Å². The van der Waals surface area contributed by atoms with Crippen molar-refractivity contribution in [1.29, 1.82) is 0 Å². The average molecular weight is 999 g/mol. The first kappa shape index (κ1) is 66.7.